The van der Waals surface area contributed by atoms with Crippen molar-refractivity contribution in [3.8, 4) is 11.3 Å². The fraction of sp³-hybridized carbons (Fsp3) is 0.286. The fourth-order valence-corrected chi connectivity index (χ4v) is 3.47. The lowest BCUT2D eigenvalue weighted by molar-refractivity contribution is 0.0944. The Hall–Kier alpha value is -2.86. The molecule has 0 unspecified atom stereocenters. The third kappa shape index (κ3) is 3.60. The number of aromatic nitrogens is 1. The van der Waals surface area contributed by atoms with Crippen molar-refractivity contribution in [2.75, 3.05) is 0 Å². The molecule has 1 aliphatic carbocycles. The van der Waals surface area contributed by atoms with Gasteiger partial charge in [0, 0.05) is 17.5 Å². The summed E-state index contributed by atoms with van der Waals surface area (Å²) in [7, 11) is 0. The molecule has 6 nitrogen and oxygen atoms in total. The number of hydrogen-bond acceptors (Lipinski definition) is 5. The van der Waals surface area contributed by atoms with Crippen LogP contribution in [0.15, 0.2) is 50.1 Å². The molecule has 0 aliphatic heterocycles. The molecule has 144 valence electrons. The smallest absolute Gasteiger partial charge is 0.349 e. The van der Waals surface area contributed by atoms with Gasteiger partial charge in [-0.15, -0.1) is 0 Å². The lowest BCUT2D eigenvalue weighted by Gasteiger charge is -2.24. The summed E-state index contributed by atoms with van der Waals surface area (Å²) in [6.45, 7) is 1.87. The van der Waals surface area contributed by atoms with Crippen molar-refractivity contribution < 1.29 is 13.7 Å². The van der Waals surface area contributed by atoms with Gasteiger partial charge < -0.3 is 14.3 Å². The van der Waals surface area contributed by atoms with Gasteiger partial charge in [0.1, 0.15) is 17.0 Å². The van der Waals surface area contributed by atoms with Crippen LogP contribution in [0.3, 0.4) is 0 Å². The van der Waals surface area contributed by atoms with Gasteiger partial charge in [0.2, 0.25) is 0 Å². The molecular formula is C21H19ClN2O4. The van der Waals surface area contributed by atoms with Crippen molar-refractivity contribution in [1.29, 1.82) is 0 Å². The van der Waals surface area contributed by atoms with Gasteiger partial charge in [0.15, 0.2) is 5.76 Å². The number of hydrogen-bond donors (Lipinski definition) is 1. The maximum atomic E-state index is 12.5. The van der Waals surface area contributed by atoms with E-state index in [-0.39, 0.29) is 12.1 Å². The first-order valence-corrected chi connectivity index (χ1v) is 9.54. The molecule has 1 saturated carbocycles. The maximum absolute atomic E-state index is 12.5. The Bertz CT molecular complexity index is 1080. The van der Waals surface area contributed by atoms with Crippen LogP contribution in [0.1, 0.15) is 52.6 Å². The van der Waals surface area contributed by atoms with Crippen LogP contribution < -0.4 is 10.9 Å². The van der Waals surface area contributed by atoms with E-state index in [1.165, 1.54) is 0 Å². The number of carbonyl (C=O) groups is 1. The van der Waals surface area contributed by atoms with E-state index in [4.69, 9.17) is 20.5 Å². The second kappa shape index (κ2) is 7.64. The van der Waals surface area contributed by atoms with Crippen LogP contribution >= 0.6 is 11.6 Å². The van der Waals surface area contributed by atoms with Crippen molar-refractivity contribution in [2.45, 2.75) is 38.6 Å². The standard InChI is InChI=1S/C21H19ClN2O4/c1-12-9-17(13-5-4-6-13)27-21(26)19(12)20(25)23-11-14-10-18(28-24-14)15-7-2-3-8-16(15)22/h2-3,7-10,13H,4-6,11H2,1H3,(H,23,25). The normalized spacial score (nSPS) is 13.9. The Morgan fingerprint density at radius 2 is 2.07 bits per heavy atom. The van der Waals surface area contributed by atoms with Gasteiger partial charge in [0.05, 0.1) is 11.6 Å². The zero-order valence-corrected chi connectivity index (χ0v) is 16.1. The molecule has 2 heterocycles. The zero-order valence-electron chi connectivity index (χ0n) is 15.3. The molecular weight excluding hydrogens is 380 g/mol. The van der Waals surface area contributed by atoms with Crippen LogP contribution in [-0.2, 0) is 6.54 Å². The first-order chi connectivity index (χ1) is 13.5. The lowest BCUT2D eigenvalue weighted by atomic mass is 9.83. The van der Waals surface area contributed by atoms with Crippen LogP contribution in [0.25, 0.3) is 11.3 Å². The van der Waals surface area contributed by atoms with Gasteiger partial charge in [-0.3, -0.25) is 4.79 Å². The summed E-state index contributed by atoms with van der Waals surface area (Å²) < 4.78 is 10.7. The molecule has 1 aromatic carbocycles. The van der Waals surface area contributed by atoms with Crippen molar-refractivity contribution in [3.63, 3.8) is 0 Å². The van der Waals surface area contributed by atoms with Crippen molar-refractivity contribution in [2.24, 2.45) is 0 Å². The van der Waals surface area contributed by atoms with Gasteiger partial charge in [0.25, 0.3) is 5.91 Å². The fourth-order valence-electron chi connectivity index (χ4n) is 3.24. The Labute approximate surface area is 166 Å². The molecule has 1 amide bonds. The molecule has 2 aromatic heterocycles. The van der Waals surface area contributed by atoms with E-state index < -0.39 is 11.5 Å². The highest BCUT2D eigenvalue weighted by atomic mass is 35.5. The second-order valence-corrected chi connectivity index (χ2v) is 7.37. The largest absolute Gasteiger partial charge is 0.427 e. The molecule has 0 atom stereocenters. The second-order valence-electron chi connectivity index (χ2n) is 6.97. The topological polar surface area (TPSA) is 85.3 Å². The summed E-state index contributed by atoms with van der Waals surface area (Å²) in [5, 5.41) is 7.20. The van der Waals surface area contributed by atoms with Crippen LogP contribution in [-0.4, -0.2) is 11.1 Å². The number of halogens is 1. The summed E-state index contributed by atoms with van der Waals surface area (Å²) in [5.74, 6) is 0.983. The van der Waals surface area contributed by atoms with E-state index in [2.05, 4.69) is 10.5 Å². The van der Waals surface area contributed by atoms with Crippen molar-refractivity contribution in [1.82, 2.24) is 10.5 Å². The van der Waals surface area contributed by atoms with Crippen LogP contribution in [0.5, 0.6) is 0 Å². The molecule has 1 N–H and O–H groups in total. The van der Waals surface area contributed by atoms with Gasteiger partial charge in [-0.05, 0) is 43.5 Å². The van der Waals surface area contributed by atoms with Crippen LogP contribution in [0.4, 0.5) is 0 Å². The van der Waals surface area contributed by atoms with Crippen molar-refractivity contribution in [3.05, 3.63) is 74.4 Å². The molecule has 3 aromatic rings. The van der Waals surface area contributed by atoms with Crippen LogP contribution in [0.2, 0.25) is 5.02 Å². The van der Waals surface area contributed by atoms with E-state index in [0.717, 1.165) is 24.8 Å². The first kappa shape index (κ1) is 18.5. The number of amides is 1. The predicted molar refractivity (Wildman–Crippen MR) is 104 cm³/mol. The van der Waals surface area contributed by atoms with E-state index in [9.17, 15) is 9.59 Å². The van der Waals surface area contributed by atoms with E-state index >= 15 is 0 Å². The maximum Gasteiger partial charge on any atom is 0.349 e. The summed E-state index contributed by atoms with van der Waals surface area (Å²) in [6.07, 6.45) is 3.19. The SMILES string of the molecule is Cc1cc(C2CCC2)oc(=O)c1C(=O)NCc1cc(-c2ccccc2Cl)on1. The Balaban J connectivity index is 1.46. The monoisotopic (exact) mass is 398 g/mol. The molecule has 0 bridgehead atoms. The Morgan fingerprint density at radius 3 is 2.75 bits per heavy atom. The number of aryl methyl sites for hydroxylation is 1. The molecule has 7 heteroatoms. The van der Waals surface area contributed by atoms with E-state index in [0.29, 0.717) is 33.7 Å². The Kier molecular flexibility index (Phi) is 5.05. The zero-order chi connectivity index (χ0) is 19.7. The quantitative estimate of drug-likeness (QED) is 0.686. The third-order valence-electron chi connectivity index (χ3n) is 5.03. The summed E-state index contributed by atoms with van der Waals surface area (Å²) in [4.78, 5) is 24.8. The highest BCUT2D eigenvalue weighted by Crippen LogP contribution is 2.36. The van der Waals surface area contributed by atoms with E-state index in [1.807, 2.05) is 18.2 Å². The number of rotatable bonds is 5. The highest BCUT2D eigenvalue weighted by Gasteiger charge is 2.25. The average Bonchev–Trinajstić information content (AvgIpc) is 3.07. The molecule has 1 fully saturated rings. The minimum absolute atomic E-state index is 0.0258. The predicted octanol–water partition coefficient (Wildman–Crippen LogP) is 4.45. The van der Waals surface area contributed by atoms with E-state index in [1.54, 1.807) is 25.1 Å². The van der Waals surface area contributed by atoms with Gasteiger partial charge >= 0.3 is 5.63 Å². The average molecular weight is 399 g/mol. The highest BCUT2D eigenvalue weighted by molar-refractivity contribution is 6.33. The molecule has 4 rings (SSSR count). The minimum atomic E-state index is -0.601. The number of carbonyl (C=O) groups excluding carboxylic acids is 1. The third-order valence-corrected chi connectivity index (χ3v) is 5.36. The van der Waals surface area contributed by atoms with Gasteiger partial charge in [-0.2, -0.15) is 0 Å². The minimum Gasteiger partial charge on any atom is -0.427 e. The summed E-state index contributed by atoms with van der Waals surface area (Å²) in [6, 6.07) is 10.8. The molecule has 0 spiro atoms. The van der Waals surface area contributed by atoms with Gasteiger partial charge in [-0.25, -0.2) is 4.79 Å². The molecule has 28 heavy (non-hydrogen) atoms. The summed E-state index contributed by atoms with van der Waals surface area (Å²) >= 11 is 6.16. The Morgan fingerprint density at radius 1 is 1.29 bits per heavy atom. The van der Waals surface area contributed by atoms with Gasteiger partial charge in [-0.1, -0.05) is 35.3 Å². The number of nitrogens with zero attached hydrogens (tertiary/aromatic N) is 1. The summed E-state index contributed by atoms with van der Waals surface area (Å²) in [5.41, 5.74) is 1.29. The molecule has 0 radical (unpaired) electrons. The lowest BCUT2D eigenvalue weighted by Crippen LogP contribution is -2.29. The van der Waals surface area contributed by atoms with Crippen LogP contribution in [0, 0.1) is 6.92 Å². The number of benzene rings is 1. The number of nitrogens with one attached hydrogen (secondary N) is 1. The molecule has 1 aliphatic rings. The molecule has 0 saturated heterocycles. The first-order valence-electron chi connectivity index (χ1n) is 9.16. The van der Waals surface area contributed by atoms with Crippen molar-refractivity contribution >= 4 is 17.5 Å².